The Morgan fingerprint density at radius 2 is 1.64 bits per heavy atom. The molecule has 0 aliphatic rings. The van der Waals surface area contributed by atoms with Gasteiger partial charge in [0.05, 0.1) is 6.10 Å². The Morgan fingerprint density at radius 3 is 2.11 bits per heavy atom. The summed E-state index contributed by atoms with van der Waals surface area (Å²) in [5, 5.41) is 13.5. The molecule has 0 aliphatic heterocycles. The number of aliphatic hydroxyl groups excluding tert-OH is 1. The molecule has 28 heavy (non-hydrogen) atoms. The molecule has 5 heteroatoms. The van der Waals surface area contributed by atoms with Crippen molar-refractivity contribution >= 4 is 0 Å². The summed E-state index contributed by atoms with van der Waals surface area (Å²) in [5.74, 6) is -1.07. The second-order valence-electron chi connectivity index (χ2n) is 7.20. The SMILES string of the molecule is CCc1cccc(C(C)(CC)NCC(O)C(N)CC)c1.Fc1cccc(F)c1. The fourth-order valence-corrected chi connectivity index (χ4v) is 2.78. The van der Waals surface area contributed by atoms with E-state index in [0.717, 1.165) is 25.3 Å². The smallest absolute Gasteiger partial charge is 0.126 e. The third-order valence-corrected chi connectivity index (χ3v) is 5.13. The number of nitrogens with two attached hydrogens (primary N) is 1. The molecule has 2 aromatic rings. The van der Waals surface area contributed by atoms with Gasteiger partial charge < -0.3 is 16.2 Å². The van der Waals surface area contributed by atoms with E-state index in [2.05, 4.69) is 50.4 Å². The highest BCUT2D eigenvalue weighted by molar-refractivity contribution is 5.29. The molecule has 3 unspecified atom stereocenters. The van der Waals surface area contributed by atoms with Crippen LogP contribution in [0.1, 0.15) is 51.7 Å². The van der Waals surface area contributed by atoms with Gasteiger partial charge in [-0.3, -0.25) is 0 Å². The van der Waals surface area contributed by atoms with Gasteiger partial charge in [-0.2, -0.15) is 0 Å². The summed E-state index contributed by atoms with van der Waals surface area (Å²) in [5.41, 5.74) is 8.37. The molecular weight excluding hydrogens is 358 g/mol. The second kappa shape index (κ2) is 11.9. The molecule has 3 nitrogen and oxygen atoms in total. The third kappa shape index (κ3) is 7.66. The van der Waals surface area contributed by atoms with E-state index >= 15 is 0 Å². The van der Waals surface area contributed by atoms with Crippen LogP contribution in [0.15, 0.2) is 48.5 Å². The van der Waals surface area contributed by atoms with E-state index < -0.39 is 17.7 Å². The minimum absolute atomic E-state index is 0.125. The molecule has 3 atom stereocenters. The molecule has 0 fully saturated rings. The molecule has 2 rings (SSSR count). The first-order valence-electron chi connectivity index (χ1n) is 9.94. The van der Waals surface area contributed by atoms with Crippen LogP contribution in [-0.4, -0.2) is 23.8 Å². The number of hydrogen-bond donors (Lipinski definition) is 3. The number of rotatable bonds is 8. The average molecular weight is 393 g/mol. The van der Waals surface area contributed by atoms with E-state index in [4.69, 9.17) is 5.73 Å². The minimum Gasteiger partial charge on any atom is -0.390 e. The van der Waals surface area contributed by atoms with E-state index in [1.807, 2.05) is 6.92 Å². The first-order chi connectivity index (χ1) is 13.3. The highest BCUT2D eigenvalue weighted by atomic mass is 19.1. The Hall–Kier alpha value is -1.82. The number of benzene rings is 2. The number of hydrogen-bond acceptors (Lipinski definition) is 3. The monoisotopic (exact) mass is 392 g/mol. The Kier molecular flexibility index (Phi) is 10.3. The zero-order valence-corrected chi connectivity index (χ0v) is 17.4. The van der Waals surface area contributed by atoms with Gasteiger partial charge in [0.25, 0.3) is 0 Å². The van der Waals surface area contributed by atoms with Gasteiger partial charge in [-0.25, -0.2) is 8.78 Å². The van der Waals surface area contributed by atoms with Crippen molar-refractivity contribution in [1.29, 1.82) is 0 Å². The molecule has 2 aromatic carbocycles. The molecule has 4 N–H and O–H groups in total. The highest BCUT2D eigenvalue weighted by Gasteiger charge is 2.26. The lowest BCUT2D eigenvalue weighted by molar-refractivity contribution is 0.127. The molecule has 0 amide bonds. The summed E-state index contributed by atoms with van der Waals surface area (Å²) in [4.78, 5) is 0. The summed E-state index contributed by atoms with van der Waals surface area (Å²) in [6, 6.07) is 13.1. The van der Waals surface area contributed by atoms with Crippen LogP contribution in [0.25, 0.3) is 0 Å². The van der Waals surface area contributed by atoms with Crippen molar-refractivity contribution in [2.75, 3.05) is 6.54 Å². The maximum absolute atomic E-state index is 11.9. The van der Waals surface area contributed by atoms with Crippen LogP contribution in [0, 0.1) is 11.6 Å². The minimum atomic E-state index is -0.537. The van der Waals surface area contributed by atoms with Gasteiger partial charge in [0.15, 0.2) is 0 Å². The van der Waals surface area contributed by atoms with Crippen LogP contribution in [-0.2, 0) is 12.0 Å². The van der Waals surface area contributed by atoms with Gasteiger partial charge in [0.1, 0.15) is 11.6 Å². The average Bonchev–Trinajstić information content (AvgIpc) is 2.71. The first-order valence-corrected chi connectivity index (χ1v) is 9.94. The number of aliphatic hydroxyl groups is 1. The molecule has 0 spiro atoms. The Labute approximate surface area is 168 Å². The van der Waals surface area contributed by atoms with Gasteiger partial charge >= 0.3 is 0 Å². The van der Waals surface area contributed by atoms with E-state index in [1.54, 1.807) is 0 Å². The molecule has 0 saturated carbocycles. The van der Waals surface area contributed by atoms with Crippen molar-refractivity contribution in [3.8, 4) is 0 Å². The highest BCUT2D eigenvalue weighted by Crippen LogP contribution is 2.25. The van der Waals surface area contributed by atoms with Crippen LogP contribution >= 0.6 is 0 Å². The normalized spacial score (nSPS) is 15.1. The first kappa shape index (κ1) is 24.2. The molecule has 0 saturated heterocycles. The fraction of sp³-hybridized carbons (Fsp3) is 0.478. The lowest BCUT2D eigenvalue weighted by Crippen LogP contribution is -2.48. The Morgan fingerprint density at radius 1 is 1.04 bits per heavy atom. The number of aryl methyl sites for hydroxylation is 1. The predicted molar refractivity (Wildman–Crippen MR) is 112 cm³/mol. The maximum Gasteiger partial charge on any atom is 0.126 e. The van der Waals surface area contributed by atoms with Gasteiger partial charge in [-0.15, -0.1) is 0 Å². The Bertz CT molecular complexity index is 693. The summed E-state index contributed by atoms with van der Waals surface area (Å²) in [7, 11) is 0. The van der Waals surface area contributed by atoms with E-state index in [1.165, 1.54) is 29.3 Å². The van der Waals surface area contributed by atoms with Crippen molar-refractivity contribution in [1.82, 2.24) is 5.32 Å². The standard InChI is InChI=1S/C17H30N2O.C6H4F2/c1-5-13-9-8-10-14(11-13)17(4,7-3)19-12-16(20)15(18)6-2;7-5-2-1-3-6(8)4-5/h8-11,15-16,19-20H,5-7,12,18H2,1-4H3;1-4H. The molecular formula is C23H34F2N2O. The lowest BCUT2D eigenvalue weighted by Gasteiger charge is -2.33. The molecule has 0 radical (unpaired) electrons. The number of halogens is 2. The molecule has 156 valence electrons. The van der Waals surface area contributed by atoms with Crippen molar-refractivity contribution in [3.63, 3.8) is 0 Å². The van der Waals surface area contributed by atoms with E-state index in [0.29, 0.717) is 6.54 Å². The topological polar surface area (TPSA) is 58.3 Å². The number of nitrogens with one attached hydrogen (secondary N) is 1. The maximum atomic E-state index is 11.9. The van der Waals surface area contributed by atoms with Crippen LogP contribution < -0.4 is 11.1 Å². The second-order valence-corrected chi connectivity index (χ2v) is 7.20. The molecule has 0 bridgehead atoms. The summed E-state index contributed by atoms with van der Waals surface area (Å²) in [6.07, 6.45) is 2.29. The van der Waals surface area contributed by atoms with Crippen LogP contribution in [0.2, 0.25) is 0 Å². The van der Waals surface area contributed by atoms with Crippen LogP contribution in [0.4, 0.5) is 8.78 Å². The van der Waals surface area contributed by atoms with Crippen LogP contribution in [0.3, 0.4) is 0 Å². The summed E-state index contributed by atoms with van der Waals surface area (Å²) < 4.78 is 23.9. The van der Waals surface area contributed by atoms with Gasteiger partial charge in [0, 0.05) is 24.2 Å². The van der Waals surface area contributed by atoms with Crippen molar-refractivity contribution < 1.29 is 13.9 Å². The van der Waals surface area contributed by atoms with Gasteiger partial charge in [-0.05, 0) is 49.4 Å². The zero-order valence-electron chi connectivity index (χ0n) is 17.4. The van der Waals surface area contributed by atoms with Gasteiger partial charge in [0.2, 0.25) is 0 Å². The molecule has 0 aromatic heterocycles. The largest absolute Gasteiger partial charge is 0.390 e. The summed E-state index contributed by atoms with van der Waals surface area (Å²) in [6.45, 7) is 9.04. The zero-order chi connectivity index (χ0) is 21.2. The van der Waals surface area contributed by atoms with Crippen molar-refractivity contribution in [2.24, 2.45) is 5.73 Å². The van der Waals surface area contributed by atoms with E-state index in [-0.39, 0.29) is 11.6 Å². The van der Waals surface area contributed by atoms with Crippen LogP contribution in [0.5, 0.6) is 0 Å². The lowest BCUT2D eigenvalue weighted by atomic mass is 9.87. The Balaban J connectivity index is 0.000000406. The fourth-order valence-electron chi connectivity index (χ4n) is 2.78. The van der Waals surface area contributed by atoms with Crippen molar-refractivity contribution in [3.05, 3.63) is 71.3 Å². The quantitative estimate of drug-likeness (QED) is 0.619. The van der Waals surface area contributed by atoms with E-state index in [9.17, 15) is 13.9 Å². The predicted octanol–water partition coefficient (Wildman–Crippen LogP) is 4.53. The molecule has 0 heterocycles. The summed E-state index contributed by atoms with van der Waals surface area (Å²) >= 11 is 0. The van der Waals surface area contributed by atoms with Gasteiger partial charge in [-0.1, -0.05) is 51.1 Å². The van der Waals surface area contributed by atoms with Crippen molar-refractivity contribution in [2.45, 2.75) is 64.6 Å². The third-order valence-electron chi connectivity index (χ3n) is 5.13. The molecule has 0 aliphatic carbocycles.